The zero-order valence-corrected chi connectivity index (χ0v) is 13.4. The molecule has 0 unspecified atom stereocenters. The molecule has 1 fully saturated rings. The number of ether oxygens (including phenoxy) is 1. The van der Waals surface area contributed by atoms with Crippen LogP contribution in [0.2, 0.25) is 0 Å². The minimum Gasteiger partial charge on any atom is -0.488 e. The van der Waals surface area contributed by atoms with Gasteiger partial charge in [-0.1, -0.05) is 0 Å². The first-order valence-corrected chi connectivity index (χ1v) is 8.01. The van der Waals surface area contributed by atoms with Crippen LogP contribution < -0.4 is 10.1 Å². The summed E-state index contributed by atoms with van der Waals surface area (Å²) >= 11 is 0. The summed E-state index contributed by atoms with van der Waals surface area (Å²) in [6, 6.07) is 7.75. The Morgan fingerprint density at radius 1 is 1.29 bits per heavy atom. The minimum atomic E-state index is -0.0200. The van der Waals surface area contributed by atoms with Crippen molar-refractivity contribution >= 4 is 16.7 Å². The van der Waals surface area contributed by atoms with Crippen LogP contribution in [0.15, 0.2) is 30.6 Å². The van der Waals surface area contributed by atoms with Crippen molar-refractivity contribution in [1.29, 1.82) is 0 Å². The van der Waals surface area contributed by atoms with Crippen LogP contribution in [0.4, 0.5) is 5.82 Å². The Kier molecular flexibility index (Phi) is 3.57. The lowest BCUT2D eigenvalue weighted by atomic mass is 10.1. The lowest BCUT2D eigenvalue weighted by Gasteiger charge is -2.12. The van der Waals surface area contributed by atoms with Gasteiger partial charge >= 0.3 is 0 Å². The normalized spacial score (nSPS) is 15.4. The van der Waals surface area contributed by atoms with Gasteiger partial charge < -0.3 is 15.2 Å². The molecule has 24 heavy (non-hydrogen) atoms. The quantitative estimate of drug-likeness (QED) is 0.644. The number of H-pyrrole nitrogens is 1. The molecule has 0 radical (unpaired) electrons. The van der Waals surface area contributed by atoms with Gasteiger partial charge in [0.2, 0.25) is 0 Å². The molecule has 7 heteroatoms. The van der Waals surface area contributed by atoms with Gasteiger partial charge in [0.15, 0.2) is 0 Å². The molecule has 0 amide bonds. The Bertz CT molecular complexity index is 872. The van der Waals surface area contributed by atoms with Crippen LogP contribution >= 0.6 is 0 Å². The van der Waals surface area contributed by atoms with Gasteiger partial charge in [0.1, 0.15) is 29.2 Å². The molecule has 1 aromatic carbocycles. The summed E-state index contributed by atoms with van der Waals surface area (Å²) in [5, 5.41) is 20.3. The van der Waals surface area contributed by atoms with Crippen molar-refractivity contribution in [3.8, 4) is 17.1 Å². The number of aliphatic hydroxyl groups is 1. The number of benzene rings is 1. The fourth-order valence-corrected chi connectivity index (χ4v) is 2.58. The van der Waals surface area contributed by atoms with Crippen LogP contribution in [0.3, 0.4) is 0 Å². The zero-order valence-electron chi connectivity index (χ0n) is 13.4. The van der Waals surface area contributed by atoms with E-state index in [-0.39, 0.29) is 12.2 Å². The van der Waals surface area contributed by atoms with Gasteiger partial charge in [0, 0.05) is 18.0 Å². The largest absolute Gasteiger partial charge is 0.488 e. The van der Waals surface area contributed by atoms with Crippen LogP contribution in [-0.2, 0) is 0 Å². The first kappa shape index (κ1) is 14.9. The number of hydrogen-bond acceptors (Lipinski definition) is 6. The second-order valence-electron chi connectivity index (χ2n) is 6.27. The highest BCUT2D eigenvalue weighted by Gasteiger charge is 2.40. The number of nitrogens with one attached hydrogen (secondary N) is 2. The predicted octanol–water partition coefficient (Wildman–Crippen LogP) is 2.36. The maximum Gasteiger partial charge on any atom is 0.130 e. The second-order valence-corrected chi connectivity index (χ2v) is 6.27. The van der Waals surface area contributed by atoms with Gasteiger partial charge in [-0.3, -0.25) is 5.10 Å². The Morgan fingerprint density at radius 3 is 2.96 bits per heavy atom. The van der Waals surface area contributed by atoms with Crippen molar-refractivity contribution in [2.24, 2.45) is 0 Å². The average Bonchev–Trinajstić information content (AvgIpc) is 3.17. The summed E-state index contributed by atoms with van der Waals surface area (Å²) in [6.07, 6.45) is 3.67. The van der Waals surface area contributed by atoms with Crippen molar-refractivity contribution in [3.05, 3.63) is 30.6 Å². The Balaban J connectivity index is 1.69. The van der Waals surface area contributed by atoms with Crippen molar-refractivity contribution < 1.29 is 9.84 Å². The fourth-order valence-electron chi connectivity index (χ4n) is 2.58. The second kappa shape index (κ2) is 5.76. The third-order valence-electron chi connectivity index (χ3n) is 4.18. The molecule has 0 bridgehead atoms. The number of aromatic nitrogens is 4. The van der Waals surface area contributed by atoms with E-state index in [9.17, 15) is 0 Å². The zero-order chi connectivity index (χ0) is 16.6. The number of hydrogen-bond donors (Lipinski definition) is 3. The monoisotopic (exact) mass is 325 g/mol. The highest BCUT2D eigenvalue weighted by atomic mass is 16.5. The van der Waals surface area contributed by atoms with E-state index >= 15 is 0 Å². The number of nitrogens with zero attached hydrogens (tertiary/aromatic N) is 3. The van der Waals surface area contributed by atoms with E-state index in [0.717, 1.165) is 35.2 Å². The predicted molar refractivity (Wildman–Crippen MR) is 91.0 cm³/mol. The molecule has 1 aliphatic carbocycles. The summed E-state index contributed by atoms with van der Waals surface area (Å²) in [6.45, 7) is 2.61. The maximum absolute atomic E-state index is 8.91. The lowest BCUT2D eigenvalue weighted by molar-refractivity contribution is 0.200. The summed E-state index contributed by atoms with van der Waals surface area (Å²) < 4.78 is 6.04. The van der Waals surface area contributed by atoms with Crippen LogP contribution in [0.25, 0.3) is 22.3 Å². The molecular weight excluding hydrogens is 306 g/mol. The third kappa shape index (κ3) is 2.90. The highest BCUT2D eigenvalue weighted by Crippen LogP contribution is 2.40. The molecule has 3 N–H and O–H groups in total. The smallest absolute Gasteiger partial charge is 0.130 e. The molecular formula is C17H19N5O2. The van der Waals surface area contributed by atoms with E-state index in [1.54, 1.807) is 0 Å². The van der Waals surface area contributed by atoms with Crippen LogP contribution in [0.1, 0.15) is 19.8 Å². The van der Waals surface area contributed by atoms with E-state index in [0.29, 0.717) is 18.1 Å². The Morgan fingerprint density at radius 2 is 2.17 bits per heavy atom. The van der Waals surface area contributed by atoms with Gasteiger partial charge in [-0.15, -0.1) is 0 Å². The van der Waals surface area contributed by atoms with E-state index in [4.69, 9.17) is 9.84 Å². The summed E-state index contributed by atoms with van der Waals surface area (Å²) in [5.74, 6) is 1.50. The van der Waals surface area contributed by atoms with E-state index in [1.165, 1.54) is 6.33 Å². The summed E-state index contributed by atoms with van der Waals surface area (Å²) in [5.41, 5.74) is 2.38. The van der Waals surface area contributed by atoms with Crippen molar-refractivity contribution in [2.75, 3.05) is 18.5 Å². The van der Waals surface area contributed by atoms with Gasteiger partial charge in [-0.25, -0.2) is 9.97 Å². The minimum absolute atomic E-state index is 0.0200. The molecule has 124 valence electrons. The topological polar surface area (TPSA) is 96.0 Å². The lowest BCUT2D eigenvalue weighted by Crippen LogP contribution is -2.11. The summed E-state index contributed by atoms with van der Waals surface area (Å²) in [7, 11) is 0. The number of rotatable bonds is 6. The van der Waals surface area contributed by atoms with E-state index in [2.05, 4.69) is 32.4 Å². The molecule has 0 atom stereocenters. The van der Waals surface area contributed by atoms with E-state index in [1.807, 2.05) is 24.3 Å². The molecule has 2 heterocycles. The van der Waals surface area contributed by atoms with Gasteiger partial charge in [-0.2, -0.15) is 5.10 Å². The molecule has 0 spiro atoms. The van der Waals surface area contributed by atoms with Crippen molar-refractivity contribution in [1.82, 2.24) is 20.2 Å². The Labute approximate surface area is 139 Å². The van der Waals surface area contributed by atoms with E-state index < -0.39 is 0 Å². The third-order valence-corrected chi connectivity index (χ3v) is 4.18. The standard InChI is InChI=1S/C17H19N5O2/c1-17(4-5-17)24-11-2-3-13-12(8-11)16(22-21-13)14-9-15(18-6-7-23)20-10-19-14/h2-3,8-10,23H,4-7H2,1H3,(H,21,22)(H,18,19,20). The van der Waals surface area contributed by atoms with Gasteiger partial charge in [-0.05, 0) is 38.0 Å². The molecule has 1 aliphatic rings. The van der Waals surface area contributed by atoms with Crippen LogP contribution in [0.5, 0.6) is 5.75 Å². The number of aromatic amines is 1. The van der Waals surface area contributed by atoms with Crippen LogP contribution in [0, 0.1) is 0 Å². The number of fused-ring (bicyclic) bond motifs is 1. The molecule has 0 saturated heterocycles. The highest BCUT2D eigenvalue weighted by molar-refractivity contribution is 5.93. The molecule has 3 aromatic rings. The average molecular weight is 325 g/mol. The fraction of sp³-hybridized carbons (Fsp3) is 0.353. The maximum atomic E-state index is 8.91. The molecule has 1 saturated carbocycles. The Hall–Kier alpha value is -2.67. The SMILES string of the molecule is CC1(Oc2ccc3[nH]nc(-c4cc(NCCO)ncn4)c3c2)CC1. The summed E-state index contributed by atoms with van der Waals surface area (Å²) in [4.78, 5) is 8.46. The first-order valence-electron chi connectivity index (χ1n) is 8.01. The van der Waals surface area contributed by atoms with Gasteiger partial charge in [0.25, 0.3) is 0 Å². The van der Waals surface area contributed by atoms with Crippen LogP contribution in [-0.4, -0.2) is 44.0 Å². The number of anilines is 1. The number of aliphatic hydroxyl groups excluding tert-OH is 1. The van der Waals surface area contributed by atoms with Crippen molar-refractivity contribution in [2.45, 2.75) is 25.4 Å². The van der Waals surface area contributed by atoms with Gasteiger partial charge in [0.05, 0.1) is 17.8 Å². The molecule has 2 aromatic heterocycles. The first-order chi connectivity index (χ1) is 11.7. The molecule has 4 rings (SSSR count). The molecule has 7 nitrogen and oxygen atoms in total. The molecule has 0 aliphatic heterocycles. The van der Waals surface area contributed by atoms with Crippen molar-refractivity contribution in [3.63, 3.8) is 0 Å².